The van der Waals surface area contributed by atoms with E-state index in [0.29, 0.717) is 17.6 Å². The van der Waals surface area contributed by atoms with E-state index < -0.39 is 24.5 Å². The van der Waals surface area contributed by atoms with Gasteiger partial charge < -0.3 is 26.0 Å². The monoisotopic (exact) mass is 402 g/mol. The fraction of sp³-hybridized carbons (Fsp3) is 0.579. The maximum absolute atomic E-state index is 10.5. The van der Waals surface area contributed by atoms with E-state index in [1.54, 1.807) is 0 Å². The Kier molecular flexibility index (Phi) is 6.98. The normalized spacial score (nSPS) is 23.7. The summed E-state index contributed by atoms with van der Waals surface area (Å²) in [4.78, 5) is 23.3. The summed E-state index contributed by atoms with van der Waals surface area (Å²) in [5.41, 5.74) is 6.71. The smallest absolute Gasteiger partial charge is 0.208 e. The van der Waals surface area contributed by atoms with E-state index in [-0.39, 0.29) is 18.2 Å². The molecule has 4 atom stereocenters. The molecule has 0 saturated carbocycles. The SMILES string of the molecule is CCCCCCC#Cc1nc(N)c2ncn([C@@H]3O[C@H](CNC=O)C(O)C3O)c2n1. The Labute approximate surface area is 168 Å². The number of hydrogen-bond donors (Lipinski definition) is 4. The van der Waals surface area contributed by atoms with E-state index in [0.717, 1.165) is 19.3 Å². The van der Waals surface area contributed by atoms with Gasteiger partial charge in [-0.2, -0.15) is 0 Å². The molecule has 0 aromatic carbocycles. The number of carbonyl (C=O) groups excluding carboxylic acids is 1. The number of nitrogens with one attached hydrogen (secondary N) is 1. The lowest BCUT2D eigenvalue weighted by atomic mass is 10.1. The number of fused-ring (bicyclic) bond motifs is 1. The molecule has 156 valence electrons. The quantitative estimate of drug-likeness (QED) is 0.276. The van der Waals surface area contributed by atoms with E-state index in [9.17, 15) is 15.0 Å². The minimum atomic E-state index is -1.23. The van der Waals surface area contributed by atoms with Crippen molar-refractivity contribution in [1.29, 1.82) is 0 Å². The summed E-state index contributed by atoms with van der Waals surface area (Å²) >= 11 is 0. The molecular formula is C19H26N6O4. The van der Waals surface area contributed by atoms with Crippen molar-refractivity contribution >= 4 is 23.4 Å². The van der Waals surface area contributed by atoms with Crippen LogP contribution in [0.5, 0.6) is 0 Å². The lowest BCUT2D eigenvalue weighted by Gasteiger charge is -2.16. The van der Waals surface area contributed by atoms with Crippen LogP contribution in [-0.2, 0) is 9.53 Å². The molecule has 1 aliphatic rings. The highest BCUT2D eigenvalue weighted by Gasteiger charge is 2.44. The van der Waals surface area contributed by atoms with E-state index >= 15 is 0 Å². The van der Waals surface area contributed by atoms with Gasteiger partial charge in [-0.25, -0.2) is 15.0 Å². The highest BCUT2D eigenvalue weighted by molar-refractivity contribution is 5.82. The molecule has 1 aliphatic heterocycles. The predicted octanol–water partition coefficient (Wildman–Crippen LogP) is 0.0956. The van der Waals surface area contributed by atoms with E-state index in [4.69, 9.17) is 10.5 Å². The number of carbonyl (C=O) groups is 1. The molecular weight excluding hydrogens is 376 g/mol. The molecule has 3 heterocycles. The number of nitrogens with zero attached hydrogens (tertiary/aromatic N) is 4. The summed E-state index contributed by atoms with van der Waals surface area (Å²) in [6, 6.07) is 0. The van der Waals surface area contributed by atoms with Crippen molar-refractivity contribution in [2.45, 2.75) is 63.6 Å². The van der Waals surface area contributed by atoms with Crippen molar-refractivity contribution in [3.8, 4) is 11.8 Å². The predicted molar refractivity (Wildman–Crippen MR) is 105 cm³/mol. The van der Waals surface area contributed by atoms with Crippen molar-refractivity contribution in [3.63, 3.8) is 0 Å². The molecule has 1 saturated heterocycles. The Morgan fingerprint density at radius 2 is 2.14 bits per heavy atom. The summed E-state index contributed by atoms with van der Waals surface area (Å²) in [5, 5.41) is 23.0. The third kappa shape index (κ3) is 4.64. The molecule has 29 heavy (non-hydrogen) atoms. The summed E-state index contributed by atoms with van der Waals surface area (Å²) in [7, 11) is 0. The molecule has 0 spiro atoms. The standard InChI is InChI=1S/C19H26N6O4/c1-2-3-4-5-6-7-8-13-23-17(20)14-18(24-13)25(10-22-14)19-16(28)15(27)12(29-19)9-21-11-26/h10-12,15-16,19,27-28H,2-6,9H2,1H3,(H,21,26)(H2,20,23,24)/t12-,15?,16?,19-/m1/s1. The summed E-state index contributed by atoms with van der Waals surface area (Å²) in [6.07, 6.45) is 3.10. The van der Waals surface area contributed by atoms with E-state index in [1.807, 2.05) is 0 Å². The first-order valence-electron chi connectivity index (χ1n) is 9.74. The average Bonchev–Trinajstić information content (AvgIpc) is 3.25. The van der Waals surface area contributed by atoms with Gasteiger partial charge in [-0.15, -0.1) is 0 Å². The van der Waals surface area contributed by atoms with Crippen LogP contribution in [0.3, 0.4) is 0 Å². The molecule has 2 unspecified atom stereocenters. The van der Waals surface area contributed by atoms with Crippen LogP contribution in [-0.4, -0.2) is 61.0 Å². The molecule has 1 fully saturated rings. The number of ether oxygens (including phenoxy) is 1. The van der Waals surface area contributed by atoms with Gasteiger partial charge in [0.25, 0.3) is 0 Å². The zero-order valence-electron chi connectivity index (χ0n) is 16.3. The number of rotatable bonds is 8. The number of hydrogen-bond acceptors (Lipinski definition) is 8. The first-order chi connectivity index (χ1) is 14.1. The third-order valence-electron chi connectivity index (χ3n) is 4.82. The summed E-state index contributed by atoms with van der Waals surface area (Å²) in [6.45, 7) is 2.22. The maximum Gasteiger partial charge on any atom is 0.208 e. The van der Waals surface area contributed by atoms with Gasteiger partial charge >= 0.3 is 0 Å². The van der Waals surface area contributed by atoms with Crippen molar-refractivity contribution < 1.29 is 19.7 Å². The van der Waals surface area contributed by atoms with Crippen molar-refractivity contribution in [3.05, 3.63) is 12.2 Å². The Morgan fingerprint density at radius 1 is 1.31 bits per heavy atom. The van der Waals surface area contributed by atoms with E-state index in [2.05, 4.69) is 39.0 Å². The van der Waals surface area contributed by atoms with Crippen LogP contribution in [0.1, 0.15) is 51.1 Å². The number of aliphatic hydroxyl groups is 2. The second-order valence-electron chi connectivity index (χ2n) is 6.94. The third-order valence-corrected chi connectivity index (χ3v) is 4.82. The minimum absolute atomic E-state index is 0.0662. The zero-order chi connectivity index (χ0) is 20.8. The number of unbranched alkanes of at least 4 members (excludes halogenated alkanes) is 4. The molecule has 2 aromatic heterocycles. The van der Waals surface area contributed by atoms with Crippen LogP contribution in [0, 0.1) is 11.8 Å². The highest BCUT2D eigenvalue weighted by atomic mass is 16.6. The van der Waals surface area contributed by atoms with Gasteiger partial charge in [-0.3, -0.25) is 9.36 Å². The van der Waals surface area contributed by atoms with Crippen molar-refractivity contribution in [2.24, 2.45) is 0 Å². The number of aromatic nitrogens is 4. The zero-order valence-corrected chi connectivity index (χ0v) is 16.3. The van der Waals surface area contributed by atoms with Gasteiger partial charge in [0.1, 0.15) is 23.8 Å². The van der Waals surface area contributed by atoms with Crippen LogP contribution in [0.2, 0.25) is 0 Å². The Bertz CT molecular complexity index is 905. The maximum atomic E-state index is 10.5. The number of nitrogen functional groups attached to an aromatic ring is 1. The van der Waals surface area contributed by atoms with Gasteiger partial charge in [0.2, 0.25) is 12.2 Å². The Morgan fingerprint density at radius 3 is 2.90 bits per heavy atom. The number of imidazole rings is 1. The molecule has 2 aromatic rings. The van der Waals surface area contributed by atoms with Crippen LogP contribution in [0.4, 0.5) is 5.82 Å². The van der Waals surface area contributed by atoms with Crippen LogP contribution < -0.4 is 11.1 Å². The largest absolute Gasteiger partial charge is 0.387 e. The summed E-state index contributed by atoms with van der Waals surface area (Å²) in [5.74, 6) is 6.42. The van der Waals surface area contributed by atoms with Crippen molar-refractivity contribution in [1.82, 2.24) is 24.8 Å². The second kappa shape index (κ2) is 9.65. The number of amides is 1. The highest BCUT2D eigenvalue weighted by Crippen LogP contribution is 2.31. The molecule has 5 N–H and O–H groups in total. The lowest BCUT2D eigenvalue weighted by Crippen LogP contribution is -2.37. The number of nitrogens with two attached hydrogens (primary N) is 1. The molecule has 3 rings (SSSR count). The number of aliphatic hydroxyl groups excluding tert-OH is 2. The van der Waals surface area contributed by atoms with Gasteiger partial charge in [-0.1, -0.05) is 32.1 Å². The molecule has 1 amide bonds. The molecule has 0 aliphatic carbocycles. The van der Waals surface area contributed by atoms with Crippen LogP contribution >= 0.6 is 0 Å². The first kappa shape index (κ1) is 21.0. The van der Waals surface area contributed by atoms with Gasteiger partial charge in [0.15, 0.2) is 17.7 Å². The molecule has 0 bridgehead atoms. The van der Waals surface area contributed by atoms with E-state index in [1.165, 1.54) is 23.7 Å². The van der Waals surface area contributed by atoms with Gasteiger partial charge in [0.05, 0.1) is 6.33 Å². The fourth-order valence-corrected chi connectivity index (χ4v) is 3.25. The minimum Gasteiger partial charge on any atom is -0.387 e. The second-order valence-corrected chi connectivity index (χ2v) is 6.94. The molecule has 10 nitrogen and oxygen atoms in total. The van der Waals surface area contributed by atoms with Crippen molar-refractivity contribution in [2.75, 3.05) is 12.3 Å². The topological polar surface area (TPSA) is 148 Å². The van der Waals surface area contributed by atoms with Gasteiger partial charge in [0, 0.05) is 13.0 Å². The lowest BCUT2D eigenvalue weighted by molar-refractivity contribution is -0.110. The van der Waals surface area contributed by atoms with Crippen LogP contribution in [0.25, 0.3) is 11.2 Å². The Hall–Kier alpha value is -2.74. The van der Waals surface area contributed by atoms with Crippen LogP contribution in [0.15, 0.2) is 6.33 Å². The average molecular weight is 402 g/mol. The molecule has 0 radical (unpaired) electrons. The first-order valence-corrected chi connectivity index (χ1v) is 9.74. The fourth-order valence-electron chi connectivity index (χ4n) is 3.25. The number of anilines is 1. The molecule has 10 heteroatoms. The summed E-state index contributed by atoms with van der Waals surface area (Å²) < 4.78 is 7.22. The van der Waals surface area contributed by atoms with Gasteiger partial charge in [-0.05, 0) is 12.3 Å². The Balaban J connectivity index is 1.82.